The molecule has 1 saturated carbocycles. The van der Waals surface area contributed by atoms with Crippen LogP contribution in [0.15, 0.2) is 47.4 Å². The minimum absolute atomic E-state index is 0.0554. The molecule has 1 aliphatic carbocycles. The second-order valence-electron chi connectivity index (χ2n) is 8.86. The Morgan fingerprint density at radius 2 is 1.97 bits per heavy atom. The SMILES string of the molecule is [2H]C([2H])([2H])n1cc(Cc2ncc(-c3ccc(CC(=O)Nc4cc(C5(C(F)(F)F)CC5)on4)c(F)c3)cn2)c(OC)n1. The van der Waals surface area contributed by atoms with Gasteiger partial charge in [0, 0.05) is 53.3 Å². The molecule has 0 bridgehead atoms. The zero-order valence-corrected chi connectivity index (χ0v) is 19.8. The van der Waals surface area contributed by atoms with E-state index in [0.717, 1.165) is 10.7 Å². The van der Waals surface area contributed by atoms with E-state index in [4.69, 9.17) is 13.4 Å². The molecule has 5 rings (SSSR count). The van der Waals surface area contributed by atoms with Crippen LogP contribution in [0.2, 0.25) is 0 Å². The molecule has 0 atom stereocenters. The third-order valence-corrected chi connectivity index (χ3v) is 6.28. The van der Waals surface area contributed by atoms with Gasteiger partial charge in [-0.1, -0.05) is 17.3 Å². The number of hydrogen-bond donors (Lipinski definition) is 1. The molecule has 0 aliphatic heterocycles. The molecule has 0 unspecified atom stereocenters. The van der Waals surface area contributed by atoms with E-state index >= 15 is 0 Å². The lowest BCUT2D eigenvalue weighted by atomic mass is 10.0. The van der Waals surface area contributed by atoms with Gasteiger partial charge >= 0.3 is 6.18 Å². The van der Waals surface area contributed by atoms with E-state index in [-0.39, 0.29) is 48.7 Å². The van der Waals surface area contributed by atoms with Gasteiger partial charge in [-0.3, -0.25) is 9.48 Å². The van der Waals surface area contributed by atoms with Crippen LogP contribution >= 0.6 is 0 Å². The molecule has 0 saturated heterocycles. The molecular weight excluding hydrogens is 508 g/mol. The van der Waals surface area contributed by atoms with Crippen LogP contribution in [-0.4, -0.2) is 44.1 Å². The number of rotatable bonds is 8. The first kappa shape index (κ1) is 21.8. The fourth-order valence-electron chi connectivity index (χ4n) is 4.04. The first-order chi connectivity index (χ1) is 19.3. The Morgan fingerprint density at radius 3 is 2.61 bits per heavy atom. The number of aryl methyl sites for hydroxylation is 1. The molecular formula is C25H22F4N6O3. The molecule has 1 aliphatic rings. The number of halogens is 4. The maximum absolute atomic E-state index is 14.8. The number of amides is 1. The van der Waals surface area contributed by atoms with Crippen molar-refractivity contribution in [2.24, 2.45) is 6.98 Å². The van der Waals surface area contributed by atoms with Crippen molar-refractivity contribution < 1.29 is 35.7 Å². The summed E-state index contributed by atoms with van der Waals surface area (Å²) in [6.07, 6.45) is -0.675. The van der Waals surface area contributed by atoms with Crippen LogP contribution in [0.25, 0.3) is 11.1 Å². The van der Waals surface area contributed by atoms with Crippen LogP contribution < -0.4 is 10.1 Å². The summed E-state index contributed by atoms with van der Waals surface area (Å²) in [4.78, 5) is 20.9. The minimum atomic E-state index is -4.48. The van der Waals surface area contributed by atoms with Gasteiger partial charge in [0.05, 0.1) is 13.5 Å². The molecule has 0 spiro atoms. The van der Waals surface area contributed by atoms with Crippen LogP contribution in [0.4, 0.5) is 23.4 Å². The van der Waals surface area contributed by atoms with Crippen molar-refractivity contribution in [3.8, 4) is 17.0 Å². The average Bonchev–Trinajstić information content (AvgIpc) is 3.43. The van der Waals surface area contributed by atoms with Gasteiger partial charge in [-0.2, -0.15) is 13.2 Å². The summed E-state index contributed by atoms with van der Waals surface area (Å²) in [6, 6.07) is 5.22. The number of benzene rings is 1. The van der Waals surface area contributed by atoms with Gasteiger partial charge in [0.1, 0.15) is 17.1 Å². The van der Waals surface area contributed by atoms with Crippen LogP contribution in [0.5, 0.6) is 5.88 Å². The number of alkyl halides is 3. The standard InChI is InChI=1S/C25H22F4N6O3/c1-35-13-16(23(33-35)37-2)8-20-30-11-17(12-31-20)14-3-4-15(18(26)7-14)9-22(36)32-21-10-19(38-34-21)24(5-6-24)25(27,28)29/h3-4,7,10-13H,5-6,8-9H2,1-2H3,(H,32,34,36)/i1D3. The second kappa shape index (κ2) is 9.54. The molecule has 9 nitrogen and oxygen atoms in total. The lowest BCUT2D eigenvalue weighted by Crippen LogP contribution is -2.28. The molecule has 1 aromatic carbocycles. The first-order valence-electron chi connectivity index (χ1n) is 12.9. The molecule has 4 aromatic rings. The lowest BCUT2D eigenvalue weighted by Gasteiger charge is -2.14. The fourth-order valence-corrected chi connectivity index (χ4v) is 4.04. The fraction of sp³-hybridized carbons (Fsp3) is 0.320. The largest absolute Gasteiger partial charge is 0.480 e. The highest BCUT2D eigenvalue weighted by Crippen LogP contribution is 2.59. The molecule has 3 aromatic heterocycles. The smallest absolute Gasteiger partial charge is 0.401 e. The van der Waals surface area contributed by atoms with Crippen molar-refractivity contribution in [2.75, 3.05) is 12.4 Å². The predicted molar refractivity (Wildman–Crippen MR) is 126 cm³/mol. The summed E-state index contributed by atoms with van der Waals surface area (Å²) in [7, 11) is 1.37. The van der Waals surface area contributed by atoms with Gasteiger partial charge in [0.2, 0.25) is 11.8 Å². The number of carbonyl (C=O) groups excluding carboxylic acids is 1. The van der Waals surface area contributed by atoms with Crippen LogP contribution in [-0.2, 0) is 30.0 Å². The van der Waals surface area contributed by atoms with E-state index in [2.05, 4.69) is 25.5 Å². The van der Waals surface area contributed by atoms with Crippen LogP contribution in [0, 0.1) is 5.82 Å². The third kappa shape index (κ3) is 4.95. The lowest BCUT2D eigenvalue weighted by molar-refractivity contribution is -0.165. The van der Waals surface area contributed by atoms with Gasteiger partial charge in [0.25, 0.3) is 0 Å². The summed E-state index contributed by atoms with van der Waals surface area (Å²) in [5.74, 6) is -1.43. The van der Waals surface area contributed by atoms with E-state index in [1.807, 2.05) is 0 Å². The van der Waals surface area contributed by atoms with Crippen molar-refractivity contribution in [1.29, 1.82) is 0 Å². The Kier molecular flexibility index (Phi) is 5.46. The van der Waals surface area contributed by atoms with Gasteiger partial charge in [-0.25, -0.2) is 14.4 Å². The number of nitrogens with one attached hydrogen (secondary N) is 1. The van der Waals surface area contributed by atoms with Crippen molar-refractivity contribution in [1.82, 2.24) is 24.9 Å². The zero-order valence-electron chi connectivity index (χ0n) is 22.8. The van der Waals surface area contributed by atoms with Crippen molar-refractivity contribution in [3.05, 3.63) is 71.4 Å². The maximum atomic E-state index is 14.8. The van der Waals surface area contributed by atoms with Crippen molar-refractivity contribution in [2.45, 2.75) is 37.3 Å². The number of ether oxygens (including phenoxy) is 1. The van der Waals surface area contributed by atoms with Gasteiger partial charge in [-0.05, 0) is 30.0 Å². The van der Waals surface area contributed by atoms with Crippen LogP contribution in [0.1, 0.15) is 39.7 Å². The Morgan fingerprint density at radius 1 is 1.21 bits per heavy atom. The van der Waals surface area contributed by atoms with Gasteiger partial charge < -0.3 is 14.6 Å². The molecule has 198 valence electrons. The zero-order chi connectivity index (χ0) is 29.6. The average molecular weight is 534 g/mol. The van der Waals surface area contributed by atoms with E-state index < -0.39 is 30.3 Å². The summed E-state index contributed by atoms with van der Waals surface area (Å²) in [5.41, 5.74) is -0.612. The minimum Gasteiger partial charge on any atom is -0.480 e. The van der Waals surface area contributed by atoms with E-state index in [1.165, 1.54) is 37.8 Å². The number of anilines is 1. The molecule has 3 heterocycles. The Balaban J connectivity index is 1.22. The monoisotopic (exact) mass is 533 g/mol. The third-order valence-electron chi connectivity index (χ3n) is 6.28. The highest BCUT2D eigenvalue weighted by molar-refractivity contribution is 5.91. The molecule has 38 heavy (non-hydrogen) atoms. The number of methoxy groups -OCH3 is 1. The Bertz CT molecular complexity index is 1580. The van der Waals surface area contributed by atoms with E-state index in [1.54, 1.807) is 6.07 Å². The quantitative estimate of drug-likeness (QED) is 0.335. The van der Waals surface area contributed by atoms with Gasteiger partial charge in [0.15, 0.2) is 11.6 Å². The number of carbonyl (C=O) groups is 1. The number of hydrogen-bond acceptors (Lipinski definition) is 7. The van der Waals surface area contributed by atoms with Gasteiger partial charge in [-0.15, -0.1) is 5.10 Å². The maximum Gasteiger partial charge on any atom is 0.401 e. The highest BCUT2D eigenvalue weighted by Gasteiger charge is 2.66. The number of aromatic nitrogens is 5. The summed E-state index contributed by atoms with van der Waals surface area (Å²) < 4.78 is 87.8. The predicted octanol–water partition coefficient (Wildman–Crippen LogP) is 4.38. The molecule has 0 radical (unpaired) electrons. The molecule has 1 N–H and O–H groups in total. The second-order valence-corrected chi connectivity index (χ2v) is 8.86. The van der Waals surface area contributed by atoms with Crippen molar-refractivity contribution >= 4 is 11.7 Å². The Labute approximate surface area is 218 Å². The summed E-state index contributed by atoms with van der Waals surface area (Å²) in [6.45, 7) is -2.47. The van der Waals surface area contributed by atoms with Crippen LogP contribution in [0.3, 0.4) is 0 Å². The Hall–Kier alpha value is -4.29. The van der Waals surface area contributed by atoms with Crippen molar-refractivity contribution in [3.63, 3.8) is 0 Å². The first-order valence-corrected chi connectivity index (χ1v) is 11.4. The normalized spacial score (nSPS) is 15.9. The highest BCUT2D eigenvalue weighted by atomic mass is 19.4. The van der Waals surface area contributed by atoms with E-state index in [0.29, 0.717) is 22.5 Å². The summed E-state index contributed by atoms with van der Waals surface area (Å²) in [5, 5.41) is 9.74. The molecule has 13 heteroatoms. The topological polar surface area (TPSA) is 108 Å². The number of nitrogens with zero attached hydrogens (tertiary/aromatic N) is 5. The molecule has 1 fully saturated rings. The molecule has 1 amide bonds. The summed E-state index contributed by atoms with van der Waals surface area (Å²) >= 11 is 0. The van der Waals surface area contributed by atoms with E-state index in [9.17, 15) is 22.4 Å².